The number of rotatable bonds is 5. The molecule has 1 aromatic carbocycles. The smallest absolute Gasteiger partial charge is 0.305 e. The van der Waals surface area contributed by atoms with Crippen molar-refractivity contribution < 1.29 is 19.7 Å². The Hall–Kier alpha value is -1.43. The van der Waals surface area contributed by atoms with Crippen LogP contribution < -0.4 is 0 Å². The second kappa shape index (κ2) is 6.65. The van der Waals surface area contributed by atoms with E-state index in [4.69, 9.17) is 14.9 Å². The van der Waals surface area contributed by atoms with E-state index >= 15 is 0 Å². The summed E-state index contributed by atoms with van der Waals surface area (Å²) < 4.78 is 5.35. The highest BCUT2D eigenvalue weighted by atomic mass is 16.5. The number of carbonyl (C=O) groups is 1. The Labute approximate surface area is 112 Å². The number of carboxylic acids is 1. The largest absolute Gasteiger partial charge is 0.481 e. The van der Waals surface area contributed by atoms with Gasteiger partial charge in [0.2, 0.25) is 0 Å². The van der Waals surface area contributed by atoms with Gasteiger partial charge in [-0.05, 0) is 11.1 Å². The third kappa shape index (κ3) is 4.02. The van der Waals surface area contributed by atoms with Crippen LogP contribution in [0.25, 0.3) is 0 Å². The lowest BCUT2D eigenvalue weighted by Crippen LogP contribution is -2.45. The molecule has 5 nitrogen and oxygen atoms in total. The number of nitrogens with zero attached hydrogens (tertiary/aromatic N) is 1. The van der Waals surface area contributed by atoms with E-state index in [9.17, 15) is 4.79 Å². The Morgan fingerprint density at radius 2 is 2.00 bits per heavy atom. The molecule has 1 aromatic rings. The van der Waals surface area contributed by atoms with E-state index in [1.54, 1.807) is 0 Å². The average molecular weight is 265 g/mol. The highest BCUT2D eigenvalue weighted by molar-refractivity contribution is 5.67. The Kier molecular flexibility index (Phi) is 4.90. The number of benzene rings is 1. The van der Waals surface area contributed by atoms with Crippen LogP contribution in [0.15, 0.2) is 24.3 Å². The molecule has 0 amide bonds. The lowest BCUT2D eigenvalue weighted by molar-refractivity contribution is -0.140. The zero-order valence-electron chi connectivity index (χ0n) is 10.8. The molecule has 0 bridgehead atoms. The summed E-state index contributed by atoms with van der Waals surface area (Å²) in [5, 5.41) is 17.9. The van der Waals surface area contributed by atoms with E-state index < -0.39 is 5.97 Å². The summed E-state index contributed by atoms with van der Waals surface area (Å²) in [7, 11) is 0. The molecule has 19 heavy (non-hydrogen) atoms. The van der Waals surface area contributed by atoms with Crippen LogP contribution >= 0.6 is 0 Å². The zero-order chi connectivity index (χ0) is 13.7. The summed E-state index contributed by atoms with van der Waals surface area (Å²) in [6, 6.07) is 7.66. The molecule has 1 aliphatic heterocycles. The fourth-order valence-corrected chi connectivity index (χ4v) is 2.27. The van der Waals surface area contributed by atoms with E-state index in [0.717, 1.165) is 17.7 Å². The maximum absolute atomic E-state index is 10.8. The summed E-state index contributed by atoms with van der Waals surface area (Å²) in [6.07, 6.45) is 0.106. The van der Waals surface area contributed by atoms with Crippen molar-refractivity contribution >= 4 is 5.97 Å². The molecule has 1 heterocycles. The van der Waals surface area contributed by atoms with Crippen molar-refractivity contribution in [1.29, 1.82) is 0 Å². The van der Waals surface area contributed by atoms with Crippen LogP contribution in [-0.2, 0) is 22.7 Å². The number of carboxylic acid groups (broad SMARTS) is 1. The second-order valence-corrected chi connectivity index (χ2v) is 4.77. The van der Waals surface area contributed by atoms with Gasteiger partial charge in [0.05, 0.1) is 26.2 Å². The number of hydrogen-bond donors (Lipinski definition) is 2. The first-order valence-corrected chi connectivity index (χ1v) is 6.41. The van der Waals surface area contributed by atoms with Gasteiger partial charge in [-0.1, -0.05) is 24.3 Å². The van der Waals surface area contributed by atoms with Crippen molar-refractivity contribution in [3.05, 3.63) is 35.4 Å². The van der Waals surface area contributed by atoms with Crippen molar-refractivity contribution in [2.75, 3.05) is 19.8 Å². The highest BCUT2D eigenvalue weighted by Crippen LogP contribution is 2.15. The van der Waals surface area contributed by atoms with Gasteiger partial charge in [-0.15, -0.1) is 0 Å². The van der Waals surface area contributed by atoms with Crippen molar-refractivity contribution in [3.63, 3.8) is 0 Å². The van der Waals surface area contributed by atoms with Gasteiger partial charge in [0, 0.05) is 19.1 Å². The Morgan fingerprint density at radius 3 is 2.63 bits per heavy atom. The maximum atomic E-state index is 10.8. The molecule has 0 radical (unpaired) electrons. The van der Waals surface area contributed by atoms with E-state index in [2.05, 4.69) is 4.90 Å². The molecule has 104 valence electrons. The van der Waals surface area contributed by atoms with Crippen LogP contribution in [0.3, 0.4) is 0 Å². The molecule has 1 saturated heterocycles. The minimum Gasteiger partial charge on any atom is -0.481 e. The Balaban J connectivity index is 1.99. The van der Waals surface area contributed by atoms with Crippen LogP contribution in [0.2, 0.25) is 0 Å². The van der Waals surface area contributed by atoms with Crippen LogP contribution in [-0.4, -0.2) is 46.9 Å². The molecule has 2 N–H and O–H groups in total. The molecular formula is C14H19NO4. The zero-order valence-corrected chi connectivity index (χ0v) is 10.8. The first-order chi connectivity index (χ1) is 9.19. The van der Waals surface area contributed by atoms with E-state index in [-0.39, 0.29) is 19.1 Å². The number of aliphatic hydroxyl groups excluding tert-OH is 1. The topological polar surface area (TPSA) is 70.0 Å². The molecule has 0 spiro atoms. The van der Waals surface area contributed by atoms with Gasteiger partial charge in [0.15, 0.2) is 0 Å². The summed E-state index contributed by atoms with van der Waals surface area (Å²) in [4.78, 5) is 13.0. The molecule has 1 aliphatic rings. The van der Waals surface area contributed by atoms with Gasteiger partial charge in [0.25, 0.3) is 0 Å². The Morgan fingerprint density at radius 1 is 1.32 bits per heavy atom. The summed E-state index contributed by atoms with van der Waals surface area (Å²) in [5.41, 5.74) is 2.00. The first-order valence-electron chi connectivity index (χ1n) is 6.41. The number of hydrogen-bond acceptors (Lipinski definition) is 4. The number of aliphatic hydroxyl groups is 1. The summed E-state index contributed by atoms with van der Waals surface area (Å²) in [6.45, 7) is 2.62. The van der Waals surface area contributed by atoms with Crippen LogP contribution in [0.5, 0.6) is 0 Å². The summed E-state index contributed by atoms with van der Waals surface area (Å²) >= 11 is 0. The van der Waals surface area contributed by atoms with E-state index in [1.807, 2.05) is 24.3 Å². The third-order valence-electron chi connectivity index (χ3n) is 3.35. The molecule has 0 aliphatic carbocycles. The molecule has 1 fully saturated rings. The van der Waals surface area contributed by atoms with Crippen LogP contribution in [0.4, 0.5) is 0 Å². The third-order valence-corrected chi connectivity index (χ3v) is 3.35. The van der Waals surface area contributed by atoms with Gasteiger partial charge in [0.1, 0.15) is 0 Å². The van der Waals surface area contributed by atoms with Gasteiger partial charge < -0.3 is 14.9 Å². The quantitative estimate of drug-likeness (QED) is 0.826. The molecule has 1 unspecified atom stereocenters. The van der Waals surface area contributed by atoms with Crippen molar-refractivity contribution in [2.24, 2.45) is 0 Å². The molecule has 0 saturated carbocycles. The van der Waals surface area contributed by atoms with E-state index in [0.29, 0.717) is 19.8 Å². The lowest BCUT2D eigenvalue weighted by Gasteiger charge is -2.34. The minimum atomic E-state index is -0.795. The fourth-order valence-electron chi connectivity index (χ4n) is 2.27. The number of morpholine rings is 1. The average Bonchev–Trinajstić information content (AvgIpc) is 2.41. The van der Waals surface area contributed by atoms with Crippen molar-refractivity contribution in [1.82, 2.24) is 4.90 Å². The van der Waals surface area contributed by atoms with Crippen molar-refractivity contribution in [3.8, 4) is 0 Å². The molecule has 2 rings (SSSR count). The second-order valence-electron chi connectivity index (χ2n) is 4.77. The number of ether oxygens (including phenoxy) is 1. The van der Waals surface area contributed by atoms with Crippen LogP contribution in [0.1, 0.15) is 17.5 Å². The normalized spacial score (nSPS) is 20.4. The molecular weight excluding hydrogens is 246 g/mol. The lowest BCUT2D eigenvalue weighted by atomic mass is 10.1. The van der Waals surface area contributed by atoms with Gasteiger partial charge in [-0.2, -0.15) is 0 Å². The van der Waals surface area contributed by atoms with Crippen molar-refractivity contribution in [2.45, 2.75) is 25.6 Å². The predicted octanol–water partition coefficient (Wildman–Crippen LogP) is 0.854. The fraction of sp³-hybridized carbons (Fsp3) is 0.500. The number of aliphatic carboxylic acids is 1. The van der Waals surface area contributed by atoms with Gasteiger partial charge in [-0.3, -0.25) is 9.69 Å². The standard InChI is InChI=1S/C14H19NO4/c16-9-12-3-1-11(2-4-12)8-15-5-6-19-10-13(15)7-14(17)18/h1-4,13,16H,5-10H2,(H,17,18). The molecule has 1 atom stereocenters. The van der Waals surface area contributed by atoms with Gasteiger partial charge >= 0.3 is 5.97 Å². The Bertz CT molecular complexity index is 418. The minimum absolute atomic E-state index is 0.0411. The SMILES string of the molecule is O=C(O)CC1COCCN1Cc1ccc(CO)cc1. The maximum Gasteiger partial charge on any atom is 0.305 e. The molecule has 0 aromatic heterocycles. The van der Waals surface area contributed by atoms with Gasteiger partial charge in [-0.25, -0.2) is 0 Å². The molecule has 5 heteroatoms. The monoisotopic (exact) mass is 265 g/mol. The first kappa shape index (κ1) is 14.0. The predicted molar refractivity (Wildman–Crippen MR) is 69.6 cm³/mol. The van der Waals surface area contributed by atoms with E-state index in [1.165, 1.54) is 0 Å². The highest BCUT2D eigenvalue weighted by Gasteiger charge is 2.25. The van der Waals surface area contributed by atoms with Crippen LogP contribution in [0, 0.1) is 0 Å². The summed E-state index contributed by atoms with van der Waals surface area (Å²) in [5.74, 6) is -0.795.